The van der Waals surface area contributed by atoms with Crippen LogP contribution < -0.4 is 5.73 Å². The SMILES string of the molecule is NC[C@H](Cc1cccc(-c2ccccc2)c1)C(=O)O. The van der Waals surface area contributed by atoms with Gasteiger partial charge in [0.05, 0.1) is 5.92 Å². The molecule has 0 amide bonds. The molecular formula is C16H17NO2. The minimum absolute atomic E-state index is 0.158. The summed E-state index contributed by atoms with van der Waals surface area (Å²) >= 11 is 0. The summed E-state index contributed by atoms with van der Waals surface area (Å²) in [7, 11) is 0. The molecule has 2 rings (SSSR count). The van der Waals surface area contributed by atoms with Gasteiger partial charge >= 0.3 is 5.97 Å². The van der Waals surface area contributed by atoms with E-state index in [2.05, 4.69) is 0 Å². The van der Waals surface area contributed by atoms with Crippen molar-refractivity contribution in [3.8, 4) is 11.1 Å². The van der Waals surface area contributed by atoms with Gasteiger partial charge in [-0.05, 0) is 23.1 Å². The number of carboxylic acids is 1. The van der Waals surface area contributed by atoms with E-state index in [1.54, 1.807) is 0 Å². The first kappa shape index (κ1) is 13.3. The summed E-state index contributed by atoms with van der Waals surface area (Å²) in [6.07, 6.45) is 0.465. The molecule has 0 unspecified atom stereocenters. The standard InChI is InChI=1S/C16H17NO2/c17-11-15(16(18)19)10-12-5-4-8-14(9-12)13-6-2-1-3-7-13/h1-9,15H,10-11,17H2,(H,18,19)/t15-/m0/s1. The van der Waals surface area contributed by atoms with E-state index < -0.39 is 11.9 Å². The largest absolute Gasteiger partial charge is 0.481 e. The lowest BCUT2D eigenvalue weighted by Crippen LogP contribution is -2.25. The van der Waals surface area contributed by atoms with Crippen molar-refractivity contribution >= 4 is 5.97 Å². The lowest BCUT2D eigenvalue weighted by atomic mass is 9.96. The van der Waals surface area contributed by atoms with Crippen molar-refractivity contribution in [1.29, 1.82) is 0 Å². The number of hydrogen-bond donors (Lipinski definition) is 2. The fourth-order valence-electron chi connectivity index (χ4n) is 2.06. The highest BCUT2D eigenvalue weighted by Crippen LogP contribution is 2.21. The highest BCUT2D eigenvalue weighted by Gasteiger charge is 2.15. The molecule has 0 bridgehead atoms. The van der Waals surface area contributed by atoms with Gasteiger partial charge in [0.1, 0.15) is 0 Å². The van der Waals surface area contributed by atoms with E-state index in [0.717, 1.165) is 16.7 Å². The molecule has 0 heterocycles. The van der Waals surface area contributed by atoms with Crippen LogP contribution in [0.25, 0.3) is 11.1 Å². The average Bonchev–Trinajstić information content (AvgIpc) is 2.45. The van der Waals surface area contributed by atoms with Gasteiger partial charge < -0.3 is 10.8 Å². The zero-order valence-electron chi connectivity index (χ0n) is 10.6. The summed E-state index contributed by atoms with van der Waals surface area (Å²) in [5, 5.41) is 9.04. The smallest absolute Gasteiger partial charge is 0.308 e. The molecule has 0 aromatic heterocycles. The van der Waals surface area contributed by atoms with Crippen molar-refractivity contribution < 1.29 is 9.90 Å². The van der Waals surface area contributed by atoms with Crippen LogP contribution >= 0.6 is 0 Å². The molecule has 0 fully saturated rings. The Hall–Kier alpha value is -2.13. The summed E-state index contributed by atoms with van der Waals surface area (Å²) < 4.78 is 0. The molecule has 0 aliphatic rings. The Kier molecular flexibility index (Phi) is 4.31. The van der Waals surface area contributed by atoms with Crippen molar-refractivity contribution in [2.45, 2.75) is 6.42 Å². The van der Waals surface area contributed by atoms with E-state index in [-0.39, 0.29) is 6.54 Å². The number of carboxylic acid groups (broad SMARTS) is 1. The molecule has 0 spiro atoms. The normalized spacial score (nSPS) is 12.1. The van der Waals surface area contributed by atoms with Gasteiger partial charge in [-0.25, -0.2) is 0 Å². The molecule has 3 nitrogen and oxygen atoms in total. The zero-order chi connectivity index (χ0) is 13.7. The summed E-state index contributed by atoms with van der Waals surface area (Å²) in [6, 6.07) is 18.0. The van der Waals surface area contributed by atoms with Crippen molar-refractivity contribution in [2.24, 2.45) is 11.7 Å². The first-order valence-electron chi connectivity index (χ1n) is 6.28. The predicted octanol–water partition coefficient (Wildman–Crippen LogP) is 2.56. The molecule has 2 aromatic carbocycles. The number of aliphatic carboxylic acids is 1. The number of benzene rings is 2. The van der Waals surface area contributed by atoms with Gasteiger partial charge in [0, 0.05) is 6.54 Å². The topological polar surface area (TPSA) is 63.3 Å². The first-order chi connectivity index (χ1) is 9.20. The van der Waals surface area contributed by atoms with Crippen LogP contribution in [0.5, 0.6) is 0 Å². The van der Waals surface area contributed by atoms with Crippen molar-refractivity contribution in [1.82, 2.24) is 0 Å². The first-order valence-corrected chi connectivity index (χ1v) is 6.28. The molecule has 0 saturated carbocycles. The quantitative estimate of drug-likeness (QED) is 0.863. The Bertz CT molecular complexity index is 552. The molecule has 0 aliphatic heterocycles. The highest BCUT2D eigenvalue weighted by atomic mass is 16.4. The molecule has 3 heteroatoms. The lowest BCUT2D eigenvalue weighted by molar-refractivity contribution is -0.141. The Morgan fingerprint density at radius 2 is 1.74 bits per heavy atom. The molecule has 98 valence electrons. The van der Waals surface area contributed by atoms with Crippen LogP contribution in [0.4, 0.5) is 0 Å². The van der Waals surface area contributed by atoms with Crippen LogP contribution in [0.2, 0.25) is 0 Å². The fraction of sp³-hybridized carbons (Fsp3) is 0.188. The summed E-state index contributed by atoms with van der Waals surface area (Å²) in [4.78, 5) is 11.0. The molecule has 19 heavy (non-hydrogen) atoms. The molecule has 0 saturated heterocycles. The van der Waals surface area contributed by atoms with Crippen LogP contribution in [0.15, 0.2) is 54.6 Å². The Morgan fingerprint density at radius 1 is 1.05 bits per heavy atom. The van der Waals surface area contributed by atoms with E-state index in [9.17, 15) is 4.79 Å². The van der Waals surface area contributed by atoms with Gasteiger partial charge in [0.15, 0.2) is 0 Å². The molecule has 0 aliphatic carbocycles. The Labute approximate surface area is 112 Å². The Balaban J connectivity index is 2.23. The average molecular weight is 255 g/mol. The van der Waals surface area contributed by atoms with Crippen LogP contribution in [0.1, 0.15) is 5.56 Å². The number of carbonyl (C=O) groups is 1. The second kappa shape index (κ2) is 6.16. The van der Waals surface area contributed by atoms with E-state index >= 15 is 0 Å². The summed E-state index contributed by atoms with van der Waals surface area (Å²) in [5.41, 5.74) is 8.71. The van der Waals surface area contributed by atoms with E-state index in [0.29, 0.717) is 6.42 Å². The van der Waals surface area contributed by atoms with Gasteiger partial charge in [-0.2, -0.15) is 0 Å². The maximum Gasteiger partial charge on any atom is 0.308 e. The highest BCUT2D eigenvalue weighted by molar-refractivity contribution is 5.71. The number of nitrogens with two attached hydrogens (primary N) is 1. The third-order valence-corrected chi connectivity index (χ3v) is 3.15. The molecule has 3 N–H and O–H groups in total. The second-order valence-corrected chi connectivity index (χ2v) is 4.54. The van der Waals surface area contributed by atoms with Gasteiger partial charge in [0.2, 0.25) is 0 Å². The second-order valence-electron chi connectivity index (χ2n) is 4.54. The maximum atomic E-state index is 11.0. The van der Waals surface area contributed by atoms with Gasteiger partial charge in [-0.3, -0.25) is 4.79 Å². The molecular weight excluding hydrogens is 238 g/mol. The fourth-order valence-corrected chi connectivity index (χ4v) is 2.06. The van der Waals surface area contributed by atoms with Crippen LogP contribution in [-0.4, -0.2) is 17.6 Å². The van der Waals surface area contributed by atoms with Crippen molar-refractivity contribution in [3.05, 3.63) is 60.2 Å². The minimum Gasteiger partial charge on any atom is -0.481 e. The van der Waals surface area contributed by atoms with Crippen LogP contribution in [0, 0.1) is 5.92 Å². The Morgan fingerprint density at radius 3 is 2.37 bits per heavy atom. The molecule has 2 aromatic rings. The lowest BCUT2D eigenvalue weighted by Gasteiger charge is -2.10. The van der Waals surface area contributed by atoms with Gasteiger partial charge in [-0.15, -0.1) is 0 Å². The minimum atomic E-state index is -0.840. The molecule has 0 radical (unpaired) electrons. The van der Waals surface area contributed by atoms with Crippen molar-refractivity contribution in [2.75, 3.05) is 6.54 Å². The number of hydrogen-bond acceptors (Lipinski definition) is 2. The van der Waals surface area contributed by atoms with Crippen LogP contribution in [-0.2, 0) is 11.2 Å². The zero-order valence-corrected chi connectivity index (χ0v) is 10.6. The van der Waals surface area contributed by atoms with Gasteiger partial charge in [-0.1, -0.05) is 54.6 Å². The summed E-state index contributed by atoms with van der Waals surface area (Å²) in [5.74, 6) is -1.36. The molecule has 1 atom stereocenters. The third kappa shape index (κ3) is 3.42. The van der Waals surface area contributed by atoms with E-state index in [1.807, 2.05) is 54.6 Å². The van der Waals surface area contributed by atoms with Crippen LogP contribution in [0.3, 0.4) is 0 Å². The van der Waals surface area contributed by atoms with Gasteiger partial charge in [0.25, 0.3) is 0 Å². The van der Waals surface area contributed by atoms with Crippen molar-refractivity contribution in [3.63, 3.8) is 0 Å². The summed E-state index contributed by atoms with van der Waals surface area (Å²) in [6.45, 7) is 0.158. The maximum absolute atomic E-state index is 11.0. The third-order valence-electron chi connectivity index (χ3n) is 3.15. The monoisotopic (exact) mass is 255 g/mol. The predicted molar refractivity (Wildman–Crippen MR) is 75.8 cm³/mol. The van der Waals surface area contributed by atoms with E-state index in [4.69, 9.17) is 10.8 Å². The van der Waals surface area contributed by atoms with E-state index in [1.165, 1.54) is 0 Å². The number of rotatable bonds is 5.